The fourth-order valence-electron chi connectivity index (χ4n) is 1.36. The number of furan rings is 1. The maximum atomic E-state index is 10.8. The van der Waals surface area contributed by atoms with Crippen LogP contribution in [0.25, 0.3) is 11.3 Å². The average molecular weight is 202 g/mol. The highest BCUT2D eigenvalue weighted by atomic mass is 16.6. The van der Waals surface area contributed by atoms with Gasteiger partial charge < -0.3 is 4.42 Å². The van der Waals surface area contributed by atoms with Gasteiger partial charge in [0.05, 0.1) is 10.5 Å². The molecule has 0 spiro atoms. The fourth-order valence-corrected chi connectivity index (χ4v) is 1.36. The molecule has 0 saturated heterocycles. The first-order chi connectivity index (χ1) is 7.18. The van der Waals surface area contributed by atoms with Crippen molar-refractivity contribution in [2.75, 3.05) is 0 Å². The zero-order valence-corrected chi connectivity index (χ0v) is 7.84. The number of rotatable bonds is 2. The zero-order valence-electron chi connectivity index (χ0n) is 7.84. The first-order valence-electron chi connectivity index (χ1n) is 4.34. The number of para-hydroxylation sites is 1. The van der Waals surface area contributed by atoms with Crippen LogP contribution in [-0.2, 0) is 0 Å². The molecule has 1 aromatic heterocycles. The molecule has 0 N–H and O–H groups in total. The average Bonchev–Trinajstić information content (AvgIpc) is 2.65. The summed E-state index contributed by atoms with van der Waals surface area (Å²) in [5.41, 5.74) is 0.504. The molecule has 0 atom stereocenters. The maximum Gasteiger partial charge on any atom is 0.280 e. The molecule has 0 unspecified atom stereocenters. The zero-order chi connectivity index (χ0) is 10.8. The van der Waals surface area contributed by atoms with Gasteiger partial charge in [-0.05, 0) is 18.2 Å². The minimum absolute atomic E-state index is 0.0341. The van der Waals surface area contributed by atoms with Gasteiger partial charge in [-0.15, -0.1) is 0 Å². The van der Waals surface area contributed by atoms with Crippen molar-refractivity contribution in [3.8, 4) is 11.3 Å². The van der Waals surface area contributed by atoms with Gasteiger partial charge in [0, 0.05) is 13.0 Å². The normalized spacial score (nSPS) is 10.2. The third-order valence-corrected chi connectivity index (χ3v) is 2.03. The van der Waals surface area contributed by atoms with E-state index in [4.69, 9.17) is 4.42 Å². The molecule has 0 aliphatic carbocycles. The van der Waals surface area contributed by atoms with Crippen molar-refractivity contribution < 1.29 is 9.34 Å². The third-order valence-electron chi connectivity index (χ3n) is 2.03. The van der Waals surface area contributed by atoms with Crippen LogP contribution in [0, 0.1) is 17.0 Å². The summed E-state index contributed by atoms with van der Waals surface area (Å²) in [6.07, 6.45) is 0. The van der Waals surface area contributed by atoms with E-state index in [9.17, 15) is 10.1 Å². The van der Waals surface area contributed by atoms with Gasteiger partial charge in [-0.25, -0.2) is 0 Å². The van der Waals surface area contributed by atoms with E-state index < -0.39 is 4.92 Å². The van der Waals surface area contributed by atoms with Crippen LogP contribution in [0.5, 0.6) is 0 Å². The monoisotopic (exact) mass is 202 g/mol. The Kier molecular flexibility index (Phi) is 2.25. The molecule has 0 aliphatic rings. The minimum atomic E-state index is -0.430. The number of nitrogens with zero attached hydrogens (tertiary/aromatic N) is 1. The van der Waals surface area contributed by atoms with Crippen molar-refractivity contribution in [1.29, 1.82) is 0 Å². The van der Waals surface area contributed by atoms with Crippen molar-refractivity contribution >= 4 is 5.69 Å². The summed E-state index contributed by atoms with van der Waals surface area (Å²) in [5.74, 6) is 0.954. The smallest absolute Gasteiger partial charge is 0.280 e. The molecule has 1 radical (unpaired) electrons. The highest BCUT2D eigenvalue weighted by molar-refractivity contribution is 5.69. The predicted octanol–water partition coefficient (Wildman–Crippen LogP) is 3.04. The Morgan fingerprint density at radius 1 is 1.20 bits per heavy atom. The van der Waals surface area contributed by atoms with Gasteiger partial charge in [0.2, 0.25) is 0 Å². The second kappa shape index (κ2) is 3.57. The molecule has 2 rings (SSSR count). The lowest BCUT2D eigenvalue weighted by molar-refractivity contribution is -0.384. The summed E-state index contributed by atoms with van der Waals surface area (Å²) >= 11 is 0. The van der Waals surface area contributed by atoms with Crippen LogP contribution in [0.15, 0.2) is 40.8 Å². The standard InChI is InChI=1S/C11H8NO3/c1-8-6-7-11(15-8)9-4-2-3-5-10(9)12(13)14/h2-7H,1H2. The van der Waals surface area contributed by atoms with E-state index >= 15 is 0 Å². The maximum absolute atomic E-state index is 10.8. The van der Waals surface area contributed by atoms with Crippen LogP contribution < -0.4 is 0 Å². The quantitative estimate of drug-likeness (QED) is 0.555. The van der Waals surface area contributed by atoms with E-state index in [1.54, 1.807) is 30.3 Å². The second-order valence-electron chi connectivity index (χ2n) is 3.04. The Hall–Kier alpha value is -2.10. The third kappa shape index (κ3) is 1.74. The highest BCUT2D eigenvalue weighted by Crippen LogP contribution is 2.30. The molecular weight excluding hydrogens is 194 g/mol. The summed E-state index contributed by atoms with van der Waals surface area (Å²) in [4.78, 5) is 10.3. The van der Waals surface area contributed by atoms with E-state index in [0.717, 1.165) is 0 Å². The topological polar surface area (TPSA) is 56.3 Å². The van der Waals surface area contributed by atoms with Crippen molar-refractivity contribution in [1.82, 2.24) is 0 Å². The molecule has 0 saturated carbocycles. The lowest BCUT2D eigenvalue weighted by atomic mass is 10.1. The number of hydrogen-bond acceptors (Lipinski definition) is 3. The molecule has 1 heterocycles. The first kappa shape index (κ1) is 9.45. The van der Waals surface area contributed by atoms with E-state index in [0.29, 0.717) is 17.1 Å². The number of benzene rings is 1. The molecule has 4 nitrogen and oxygen atoms in total. The van der Waals surface area contributed by atoms with Gasteiger partial charge in [0.1, 0.15) is 11.5 Å². The molecular formula is C11H8NO3. The van der Waals surface area contributed by atoms with Crippen molar-refractivity contribution in [3.63, 3.8) is 0 Å². The molecule has 2 aromatic rings. The molecule has 0 amide bonds. The van der Waals surface area contributed by atoms with Crippen molar-refractivity contribution in [2.24, 2.45) is 0 Å². The van der Waals surface area contributed by atoms with Gasteiger partial charge >= 0.3 is 0 Å². The molecule has 4 heteroatoms. The summed E-state index contributed by atoms with van der Waals surface area (Å²) in [6, 6.07) is 9.79. The molecule has 15 heavy (non-hydrogen) atoms. The Labute approximate surface area is 86.3 Å². The number of hydrogen-bond donors (Lipinski definition) is 0. The van der Waals surface area contributed by atoms with Gasteiger partial charge in [0.25, 0.3) is 5.69 Å². The minimum Gasteiger partial charge on any atom is -0.461 e. The Morgan fingerprint density at radius 3 is 2.53 bits per heavy atom. The summed E-state index contributed by atoms with van der Waals surface area (Å²) < 4.78 is 5.24. The number of nitro benzene ring substituents is 1. The largest absolute Gasteiger partial charge is 0.461 e. The lowest BCUT2D eigenvalue weighted by Crippen LogP contribution is -1.90. The van der Waals surface area contributed by atoms with Gasteiger partial charge in [0.15, 0.2) is 0 Å². The first-order valence-corrected chi connectivity index (χ1v) is 4.34. The SMILES string of the molecule is [CH2]c1ccc(-c2ccccc2[N+](=O)[O-])o1. The van der Waals surface area contributed by atoms with Crippen LogP contribution in [0.4, 0.5) is 5.69 Å². The van der Waals surface area contributed by atoms with Gasteiger partial charge in [-0.1, -0.05) is 12.1 Å². The Morgan fingerprint density at radius 2 is 1.93 bits per heavy atom. The van der Waals surface area contributed by atoms with Crippen LogP contribution >= 0.6 is 0 Å². The molecule has 75 valence electrons. The van der Waals surface area contributed by atoms with E-state index in [-0.39, 0.29) is 5.69 Å². The van der Waals surface area contributed by atoms with E-state index in [2.05, 4.69) is 6.92 Å². The van der Waals surface area contributed by atoms with Gasteiger partial charge in [-0.3, -0.25) is 10.1 Å². The van der Waals surface area contributed by atoms with Gasteiger partial charge in [-0.2, -0.15) is 0 Å². The van der Waals surface area contributed by atoms with Crippen molar-refractivity contribution in [3.05, 3.63) is 59.2 Å². The predicted molar refractivity (Wildman–Crippen MR) is 55.3 cm³/mol. The number of nitro groups is 1. The second-order valence-corrected chi connectivity index (χ2v) is 3.04. The summed E-state index contributed by atoms with van der Waals surface area (Å²) in [6.45, 7) is 3.60. The van der Waals surface area contributed by atoms with Crippen molar-refractivity contribution in [2.45, 2.75) is 0 Å². The molecule has 0 fully saturated rings. The van der Waals surface area contributed by atoms with E-state index in [1.807, 2.05) is 0 Å². The Bertz CT molecular complexity index is 502. The molecule has 0 bridgehead atoms. The highest BCUT2D eigenvalue weighted by Gasteiger charge is 2.16. The van der Waals surface area contributed by atoms with Crippen LogP contribution in [0.2, 0.25) is 0 Å². The molecule has 1 aromatic carbocycles. The summed E-state index contributed by atoms with van der Waals surface area (Å²) in [5, 5.41) is 10.8. The van der Waals surface area contributed by atoms with E-state index in [1.165, 1.54) is 6.07 Å². The van der Waals surface area contributed by atoms with Crippen LogP contribution in [0.3, 0.4) is 0 Å². The fraction of sp³-hybridized carbons (Fsp3) is 0. The lowest BCUT2D eigenvalue weighted by Gasteiger charge is -1.98. The summed E-state index contributed by atoms with van der Waals surface area (Å²) in [7, 11) is 0. The van der Waals surface area contributed by atoms with Crippen LogP contribution in [-0.4, -0.2) is 4.92 Å². The molecule has 0 aliphatic heterocycles. The van der Waals surface area contributed by atoms with Crippen LogP contribution in [0.1, 0.15) is 5.76 Å². The Balaban J connectivity index is 2.57.